The third kappa shape index (κ3) is 2.68. The average molecular weight is 339 g/mol. The normalized spacial score (nSPS) is 20.8. The molecule has 5 nitrogen and oxygen atoms in total. The van der Waals surface area contributed by atoms with Gasteiger partial charge in [-0.15, -0.1) is 0 Å². The van der Waals surface area contributed by atoms with Crippen LogP contribution in [0.4, 0.5) is 5.69 Å². The van der Waals surface area contributed by atoms with Gasteiger partial charge in [0, 0.05) is 49.8 Å². The van der Waals surface area contributed by atoms with Gasteiger partial charge in [-0.05, 0) is 18.2 Å². The smallest absolute Gasteiger partial charge is 0.250 e. The highest BCUT2D eigenvalue weighted by Gasteiger charge is 2.33. The summed E-state index contributed by atoms with van der Waals surface area (Å²) in [6.07, 6.45) is 0. The van der Waals surface area contributed by atoms with Gasteiger partial charge in [0.1, 0.15) is 0 Å². The molecule has 2 heterocycles. The van der Waals surface area contributed by atoms with E-state index in [9.17, 15) is 4.79 Å². The van der Waals surface area contributed by atoms with E-state index in [1.807, 2.05) is 12.1 Å². The number of halogens is 1. The second kappa shape index (κ2) is 5.71. The maximum absolute atomic E-state index is 11.5. The maximum Gasteiger partial charge on any atom is 0.250 e. The number of nitrogens with zero attached hydrogens (tertiary/aromatic N) is 2. The first-order valence-corrected chi connectivity index (χ1v) is 7.73. The van der Waals surface area contributed by atoms with E-state index in [0.29, 0.717) is 11.6 Å². The summed E-state index contributed by atoms with van der Waals surface area (Å²) in [5.74, 6) is -0.363. The average Bonchev–Trinajstić information content (AvgIpc) is 2.38. The van der Waals surface area contributed by atoms with Crippen LogP contribution in [-0.4, -0.2) is 56.1 Å². The zero-order chi connectivity index (χ0) is 14.1. The number of nitrogens with two attached hydrogens (primary N) is 1. The van der Waals surface area contributed by atoms with Gasteiger partial charge in [0.05, 0.1) is 11.3 Å². The first-order chi connectivity index (χ1) is 9.65. The lowest BCUT2D eigenvalue weighted by atomic mass is 10.0. The molecule has 3 rings (SSSR count). The van der Waals surface area contributed by atoms with E-state index in [4.69, 9.17) is 5.73 Å². The summed E-state index contributed by atoms with van der Waals surface area (Å²) in [4.78, 5) is 16.3. The van der Waals surface area contributed by atoms with E-state index in [1.54, 1.807) is 6.07 Å². The minimum absolute atomic E-state index is 0.363. The van der Waals surface area contributed by atoms with Crippen molar-refractivity contribution in [3.05, 3.63) is 28.2 Å². The number of hydrogen-bond acceptors (Lipinski definition) is 4. The topological polar surface area (TPSA) is 61.6 Å². The summed E-state index contributed by atoms with van der Waals surface area (Å²) < 4.78 is 0.975. The SMILES string of the molecule is NC(=O)c1ccc(Br)cc1N1CC(N2CCNCC2)C1. The molecule has 20 heavy (non-hydrogen) atoms. The Morgan fingerprint density at radius 3 is 2.65 bits per heavy atom. The monoisotopic (exact) mass is 338 g/mol. The van der Waals surface area contributed by atoms with E-state index in [-0.39, 0.29) is 5.91 Å². The maximum atomic E-state index is 11.5. The lowest BCUT2D eigenvalue weighted by molar-refractivity contribution is 0.0999. The fraction of sp³-hybridized carbons (Fsp3) is 0.500. The number of rotatable bonds is 3. The van der Waals surface area contributed by atoms with Crippen molar-refractivity contribution in [2.24, 2.45) is 5.73 Å². The van der Waals surface area contributed by atoms with Gasteiger partial charge in [-0.3, -0.25) is 9.69 Å². The van der Waals surface area contributed by atoms with Gasteiger partial charge in [0.15, 0.2) is 0 Å². The van der Waals surface area contributed by atoms with Gasteiger partial charge >= 0.3 is 0 Å². The fourth-order valence-corrected chi connectivity index (χ4v) is 3.25. The molecule has 0 unspecified atom stereocenters. The predicted octanol–water partition coefficient (Wildman–Crippen LogP) is 0.642. The second-order valence-electron chi connectivity index (χ2n) is 5.37. The Kier molecular flexibility index (Phi) is 3.96. The van der Waals surface area contributed by atoms with Crippen LogP contribution in [0.3, 0.4) is 0 Å². The number of carbonyl (C=O) groups is 1. The van der Waals surface area contributed by atoms with Gasteiger partial charge in [0.25, 0.3) is 5.91 Å². The Morgan fingerprint density at radius 2 is 2.00 bits per heavy atom. The third-order valence-corrected chi connectivity index (χ3v) is 4.59. The molecule has 2 fully saturated rings. The highest BCUT2D eigenvalue weighted by Crippen LogP contribution is 2.30. The van der Waals surface area contributed by atoms with Gasteiger partial charge in [-0.2, -0.15) is 0 Å². The lowest BCUT2D eigenvalue weighted by Gasteiger charge is -2.48. The van der Waals surface area contributed by atoms with Crippen LogP contribution in [0, 0.1) is 0 Å². The summed E-state index contributed by atoms with van der Waals surface area (Å²) in [7, 11) is 0. The molecule has 3 N–H and O–H groups in total. The van der Waals surface area contributed by atoms with E-state index in [2.05, 4.69) is 31.0 Å². The molecule has 108 valence electrons. The van der Waals surface area contributed by atoms with Crippen LogP contribution in [0.1, 0.15) is 10.4 Å². The minimum Gasteiger partial charge on any atom is -0.368 e. The molecule has 2 aliphatic heterocycles. The van der Waals surface area contributed by atoms with Crippen LogP contribution >= 0.6 is 15.9 Å². The summed E-state index contributed by atoms with van der Waals surface area (Å²) in [6, 6.07) is 6.22. The molecule has 2 aliphatic rings. The molecule has 0 atom stereocenters. The molecule has 1 amide bonds. The van der Waals surface area contributed by atoms with E-state index in [1.165, 1.54) is 0 Å². The van der Waals surface area contributed by atoms with Crippen LogP contribution in [-0.2, 0) is 0 Å². The Bertz CT molecular complexity index is 510. The molecular formula is C14H19BrN4O. The number of amides is 1. The zero-order valence-corrected chi connectivity index (χ0v) is 12.9. The Balaban J connectivity index is 1.70. The van der Waals surface area contributed by atoms with Gasteiger partial charge in [-0.25, -0.2) is 0 Å². The molecule has 0 aromatic heterocycles. The fourth-order valence-electron chi connectivity index (χ4n) is 2.91. The molecule has 0 spiro atoms. The summed E-state index contributed by atoms with van der Waals surface area (Å²) in [5, 5.41) is 3.37. The van der Waals surface area contributed by atoms with Crippen LogP contribution in [0.2, 0.25) is 0 Å². The Hall–Kier alpha value is -1.11. The van der Waals surface area contributed by atoms with Crippen molar-refractivity contribution in [2.45, 2.75) is 6.04 Å². The highest BCUT2D eigenvalue weighted by atomic mass is 79.9. The number of hydrogen-bond donors (Lipinski definition) is 2. The molecular weight excluding hydrogens is 320 g/mol. The summed E-state index contributed by atoms with van der Waals surface area (Å²) in [6.45, 7) is 6.30. The molecule has 1 aromatic carbocycles. The number of piperazine rings is 1. The van der Waals surface area contributed by atoms with Crippen LogP contribution < -0.4 is 16.0 Å². The molecule has 6 heteroatoms. The third-order valence-electron chi connectivity index (χ3n) is 4.10. The standard InChI is InChI=1S/C14H19BrN4O/c15-10-1-2-12(14(16)20)13(7-10)19-8-11(9-19)18-5-3-17-4-6-18/h1-2,7,11,17H,3-6,8-9H2,(H2,16,20). The zero-order valence-electron chi connectivity index (χ0n) is 11.3. The largest absolute Gasteiger partial charge is 0.368 e. The van der Waals surface area contributed by atoms with Gasteiger partial charge in [0.2, 0.25) is 0 Å². The Morgan fingerprint density at radius 1 is 1.30 bits per heavy atom. The van der Waals surface area contributed by atoms with Crippen molar-refractivity contribution in [1.29, 1.82) is 0 Å². The molecule has 1 aromatic rings. The van der Waals surface area contributed by atoms with E-state index >= 15 is 0 Å². The predicted molar refractivity (Wildman–Crippen MR) is 83.1 cm³/mol. The summed E-state index contributed by atoms with van der Waals surface area (Å²) >= 11 is 3.46. The minimum atomic E-state index is -0.363. The number of carbonyl (C=O) groups excluding carboxylic acids is 1. The van der Waals surface area contributed by atoms with Crippen molar-refractivity contribution < 1.29 is 4.79 Å². The highest BCUT2D eigenvalue weighted by molar-refractivity contribution is 9.10. The molecule has 0 radical (unpaired) electrons. The van der Waals surface area contributed by atoms with Crippen molar-refractivity contribution >= 4 is 27.5 Å². The molecule has 0 aliphatic carbocycles. The Labute approximate surface area is 127 Å². The quantitative estimate of drug-likeness (QED) is 0.849. The second-order valence-corrected chi connectivity index (χ2v) is 6.29. The van der Waals surface area contributed by atoms with Gasteiger partial charge < -0.3 is 16.0 Å². The van der Waals surface area contributed by atoms with Crippen molar-refractivity contribution in [3.63, 3.8) is 0 Å². The number of nitrogens with one attached hydrogen (secondary N) is 1. The number of benzene rings is 1. The molecule has 0 saturated carbocycles. The van der Waals surface area contributed by atoms with E-state index in [0.717, 1.165) is 49.4 Å². The summed E-state index contributed by atoms with van der Waals surface area (Å²) in [5.41, 5.74) is 7.01. The van der Waals surface area contributed by atoms with Crippen LogP contribution in [0.15, 0.2) is 22.7 Å². The van der Waals surface area contributed by atoms with Gasteiger partial charge in [-0.1, -0.05) is 15.9 Å². The van der Waals surface area contributed by atoms with Crippen molar-refractivity contribution in [3.8, 4) is 0 Å². The number of primary amides is 1. The lowest BCUT2D eigenvalue weighted by Crippen LogP contribution is -2.63. The van der Waals surface area contributed by atoms with E-state index < -0.39 is 0 Å². The molecule has 0 bridgehead atoms. The van der Waals surface area contributed by atoms with Crippen LogP contribution in [0.25, 0.3) is 0 Å². The van der Waals surface area contributed by atoms with Crippen LogP contribution in [0.5, 0.6) is 0 Å². The first-order valence-electron chi connectivity index (χ1n) is 6.94. The number of anilines is 1. The first kappa shape index (κ1) is 13.9. The molecule has 2 saturated heterocycles. The van der Waals surface area contributed by atoms with Crippen molar-refractivity contribution in [2.75, 3.05) is 44.2 Å². The van der Waals surface area contributed by atoms with Crippen molar-refractivity contribution in [1.82, 2.24) is 10.2 Å².